The number of hydrogen-bond donors (Lipinski definition) is 0. The van der Waals surface area contributed by atoms with Crippen molar-refractivity contribution < 1.29 is 17.6 Å². The zero-order valence-corrected chi connectivity index (χ0v) is 12.4. The van der Waals surface area contributed by atoms with Crippen molar-refractivity contribution in [2.45, 2.75) is 23.8 Å². The summed E-state index contributed by atoms with van der Waals surface area (Å²) in [5, 5.41) is -0.446. The Morgan fingerprint density at radius 2 is 2.05 bits per heavy atom. The third-order valence-electron chi connectivity index (χ3n) is 3.56. The SMILES string of the molecule is O=S(=O)(Cc1ncc(-c2ccccc2)o1)C1CCCOC1. The fraction of sp³-hybridized carbons (Fsp3) is 0.400. The average molecular weight is 307 g/mol. The zero-order chi connectivity index (χ0) is 14.7. The van der Waals surface area contributed by atoms with E-state index in [2.05, 4.69) is 4.98 Å². The fourth-order valence-corrected chi connectivity index (χ4v) is 3.94. The Hall–Kier alpha value is -1.66. The van der Waals surface area contributed by atoms with E-state index in [1.165, 1.54) is 0 Å². The second kappa shape index (κ2) is 5.99. The van der Waals surface area contributed by atoms with Gasteiger partial charge in [0.1, 0.15) is 5.75 Å². The fourth-order valence-electron chi connectivity index (χ4n) is 2.40. The predicted octanol–water partition coefficient (Wildman–Crippen LogP) is 2.44. The van der Waals surface area contributed by atoms with E-state index in [0.29, 0.717) is 18.8 Å². The van der Waals surface area contributed by atoms with Gasteiger partial charge in [0.15, 0.2) is 15.6 Å². The van der Waals surface area contributed by atoms with Crippen LogP contribution in [0.4, 0.5) is 0 Å². The normalized spacial score (nSPS) is 19.5. The van der Waals surface area contributed by atoms with E-state index in [4.69, 9.17) is 9.15 Å². The number of aromatic nitrogens is 1. The van der Waals surface area contributed by atoms with E-state index in [9.17, 15) is 8.42 Å². The van der Waals surface area contributed by atoms with Gasteiger partial charge < -0.3 is 9.15 Å². The van der Waals surface area contributed by atoms with Crippen LogP contribution < -0.4 is 0 Å². The molecule has 1 fully saturated rings. The quantitative estimate of drug-likeness (QED) is 0.867. The van der Waals surface area contributed by atoms with Crippen molar-refractivity contribution in [2.24, 2.45) is 0 Å². The molecule has 0 aliphatic carbocycles. The van der Waals surface area contributed by atoms with Gasteiger partial charge in [0.05, 0.1) is 18.1 Å². The molecule has 5 nitrogen and oxygen atoms in total. The van der Waals surface area contributed by atoms with Crippen molar-refractivity contribution in [3.63, 3.8) is 0 Å². The largest absolute Gasteiger partial charge is 0.440 e. The molecule has 1 atom stereocenters. The lowest BCUT2D eigenvalue weighted by atomic mass is 10.2. The van der Waals surface area contributed by atoms with E-state index >= 15 is 0 Å². The maximum absolute atomic E-state index is 12.3. The molecule has 1 aliphatic heterocycles. The van der Waals surface area contributed by atoms with Gasteiger partial charge in [0.25, 0.3) is 0 Å². The van der Waals surface area contributed by atoms with Crippen LogP contribution in [0.1, 0.15) is 18.7 Å². The van der Waals surface area contributed by atoms with E-state index in [1.807, 2.05) is 30.3 Å². The molecule has 1 unspecified atom stereocenters. The van der Waals surface area contributed by atoms with E-state index in [0.717, 1.165) is 12.0 Å². The summed E-state index contributed by atoms with van der Waals surface area (Å²) in [6, 6.07) is 9.50. The maximum Gasteiger partial charge on any atom is 0.210 e. The van der Waals surface area contributed by atoms with Gasteiger partial charge in [-0.1, -0.05) is 30.3 Å². The van der Waals surface area contributed by atoms with Crippen molar-refractivity contribution in [2.75, 3.05) is 13.2 Å². The Morgan fingerprint density at radius 1 is 1.24 bits per heavy atom. The highest BCUT2D eigenvalue weighted by Gasteiger charge is 2.29. The summed E-state index contributed by atoms with van der Waals surface area (Å²) in [5.41, 5.74) is 0.884. The first-order valence-corrected chi connectivity index (χ1v) is 8.66. The van der Waals surface area contributed by atoms with Gasteiger partial charge in [0.2, 0.25) is 5.89 Å². The average Bonchev–Trinajstić information content (AvgIpc) is 2.97. The van der Waals surface area contributed by atoms with Crippen LogP contribution in [0.3, 0.4) is 0 Å². The lowest BCUT2D eigenvalue weighted by Gasteiger charge is -2.21. The van der Waals surface area contributed by atoms with Crippen LogP contribution >= 0.6 is 0 Å². The summed E-state index contributed by atoms with van der Waals surface area (Å²) in [5.74, 6) is 0.647. The molecule has 2 aromatic rings. The van der Waals surface area contributed by atoms with Gasteiger partial charge in [-0.05, 0) is 12.8 Å². The first kappa shape index (κ1) is 14.3. The smallest absolute Gasteiger partial charge is 0.210 e. The third-order valence-corrected chi connectivity index (χ3v) is 5.60. The number of hydrogen-bond acceptors (Lipinski definition) is 5. The van der Waals surface area contributed by atoms with Crippen LogP contribution in [-0.2, 0) is 20.3 Å². The molecule has 0 bridgehead atoms. The molecular weight excluding hydrogens is 290 g/mol. The monoisotopic (exact) mass is 307 g/mol. The highest BCUT2D eigenvalue weighted by atomic mass is 32.2. The molecule has 2 heterocycles. The summed E-state index contributed by atoms with van der Waals surface area (Å²) >= 11 is 0. The Balaban J connectivity index is 1.75. The Labute approximate surface area is 123 Å². The molecule has 1 aromatic carbocycles. The zero-order valence-electron chi connectivity index (χ0n) is 11.6. The topological polar surface area (TPSA) is 69.4 Å². The van der Waals surface area contributed by atoms with Crippen LogP contribution in [0, 0.1) is 0 Å². The van der Waals surface area contributed by atoms with Crippen molar-refractivity contribution in [3.8, 4) is 11.3 Å². The van der Waals surface area contributed by atoms with Gasteiger partial charge in [-0.15, -0.1) is 0 Å². The molecule has 1 aromatic heterocycles. The summed E-state index contributed by atoms with van der Waals surface area (Å²) in [4.78, 5) is 4.09. The summed E-state index contributed by atoms with van der Waals surface area (Å²) in [6.45, 7) is 0.914. The molecule has 0 spiro atoms. The number of sulfone groups is 1. The first-order chi connectivity index (χ1) is 10.1. The molecule has 0 radical (unpaired) electrons. The van der Waals surface area contributed by atoms with Crippen LogP contribution in [0.5, 0.6) is 0 Å². The minimum absolute atomic E-state index is 0.173. The van der Waals surface area contributed by atoms with Gasteiger partial charge in [-0.25, -0.2) is 13.4 Å². The lowest BCUT2D eigenvalue weighted by Crippen LogP contribution is -2.31. The number of benzene rings is 1. The Bertz CT molecular complexity index is 687. The number of oxazole rings is 1. The molecule has 0 N–H and O–H groups in total. The first-order valence-electron chi connectivity index (χ1n) is 6.94. The Kier molecular flexibility index (Phi) is 4.07. The molecular formula is C15H17NO4S. The predicted molar refractivity (Wildman–Crippen MR) is 78.4 cm³/mol. The molecule has 112 valence electrons. The molecule has 0 saturated carbocycles. The number of rotatable bonds is 4. The summed E-state index contributed by atoms with van der Waals surface area (Å²) < 4.78 is 35.5. The molecule has 6 heteroatoms. The van der Waals surface area contributed by atoms with E-state index < -0.39 is 15.1 Å². The van der Waals surface area contributed by atoms with Crippen LogP contribution in [-0.4, -0.2) is 31.9 Å². The van der Waals surface area contributed by atoms with E-state index in [1.54, 1.807) is 6.20 Å². The molecule has 1 aliphatic rings. The summed E-state index contributed by atoms with van der Waals surface area (Å²) in [6.07, 6.45) is 3.00. The van der Waals surface area contributed by atoms with Gasteiger partial charge in [-0.2, -0.15) is 0 Å². The highest BCUT2D eigenvalue weighted by Crippen LogP contribution is 2.23. The minimum atomic E-state index is -3.29. The minimum Gasteiger partial charge on any atom is -0.440 e. The van der Waals surface area contributed by atoms with Crippen LogP contribution in [0.25, 0.3) is 11.3 Å². The van der Waals surface area contributed by atoms with Crippen LogP contribution in [0.15, 0.2) is 40.9 Å². The molecule has 0 amide bonds. The third kappa shape index (κ3) is 3.33. The molecule has 1 saturated heterocycles. The van der Waals surface area contributed by atoms with Gasteiger partial charge in [-0.3, -0.25) is 0 Å². The van der Waals surface area contributed by atoms with Crippen molar-refractivity contribution in [1.82, 2.24) is 4.98 Å². The van der Waals surface area contributed by atoms with Gasteiger partial charge >= 0.3 is 0 Å². The Morgan fingerprint density at radius 3 is 2.76 bits per heavy atom. The standard InChI is InChI=1S/C15H17NO4S/c17-21(18,13-7-4-8-19-10-13)11-15-16-9-14(20-15)12-5-2-1-3-6-12/h1-3,5-6,9,13H,4,7-8,10-11H2. The van der Waals surface area contributed by atoms with Gasteiger partial charge in [0, 0.05) is 12.2 Å². The van der Waals surface area contributed by atoms with Crippen molar-refractivity contribution in [1.29, 1.82) is 0 Å². The molecule has 3 rings (SSSR count). The van der Waals surface area contributed by atoms with Crippen molar-refractivity contribution >= 4 is 9.84 Å². The second-order valence-corrected chi connectivity index (χ2v) is 7.41. The van der Waals surface area contributed by atoms with Crippen LogP contribution in [0.2, 0.25) is 0 Å². The number of ether oxygens (including phenoxy) is 1. The number of nitrogens with zero attached hydrogens (tertiary/aromatic N) is 1. The summed E-state index contributed by atoms with van der Waals surface area (Å²) in [7, 11) is -3.29. The second-order valence-electron chi connectivity index (χ2n) is 5.13. The lowest BCUT2D eigenvalue weighted by molar-refractivity contribution is 0.0990. The highest BCUT2D eigenvalue weighted by molar-refractivity contribution is 7.91. The van der Waals surface area contributed by atoms with Crippen molar-refractivity contribution in [3.05, 3.63) is 42.4 Å². The van der Waals surface area contributed by atoms with E-state index in [-0.39, 0.29) is 18.3 Å². The maximum atomic E-state index is 12.3. The molecule has 21 heavy (non-hydrogen) atoms.